The minimum absolute atomic E-state index is 0.560. The second-order valence-electron chi connectivity index (χ2n) is 4.63. The molecule has 20 heavy (non-hydrogen) atoms. The van der Waals surface area contributed by atoms with Crippen LogP contribution in [0, 0.1) is 6.92 Å². The molecule has 0 atom stereocenters. The van der Waals surface area contributed by atoms with Gasteiger partial charge in [-0.15, -0.1) is 11.3 Å². The van der Waals surface area contributed by atoms with Crippen molar-refractivity contribution in [2.24, 2.45) is 0 Å². The summed E-state index contributed by atoms with van der Waals surface area (Å²) in [5.41, 5.74) is 6.84. The standard InChI is InChI=1S/C14H19ClN4S/c1-3-4-12-18-13(16)9(2)14(19-12)17-8-7-10-5-6-11(15)20-10/h5-6H,3-4,7-8H2,1-2H3,(H3,16,17,18,19). The Bertz CT molecular complexity index is 583. The van der Waals surface area contributed by atoms with E-state index in [4.69, 9.17) is 17.3 Å². The maximum atomic E-state index is 5.93. The average Bonchev–Trinajstić information content (AvgIpc) is 2.81. The van der Waals surface area contributed by atoms with Crippen molar-refractivity contribution in [1.82, 2.24) is 9.97 Å². The van der Waals surface area contributed by atoms with E-state index in [-0.39, 0.29) is 0 Å². The van der Waals surface area contributed by atoms with Gasteiger partial charge in [-0.2, -0.15) is 0 Å². The molecule has 0 aromatic carbocycles. The van der Waals surface area contributed by atoms with Crippen LogP contribution in [0.15, 0.2) is 12.1 Å². The van der Waals surface area contributed by atoms with Crippen LogP contribution in [0.4, 0.5) is 11.6 Å². The fraction of sp³-hybridized carbons (Fsp3) is 0.429. The van der Waals surface area contributed by atoms with Gasteiger partial charge in [-0.3, -0.25) is 0 Å². The zero-order valence-corrected chi connectivity index (χ0v) is 13.3. The van der Waals surface area contributed by atoms with Gasteiger partial charge >= 0.3 is 0 Å². The van der Waals surface area contributed by atoms with Crippen LogP contribution in [0.25, 0.3) is 0 Å². The minimum Gasteiger partial charge on any atom is -0.383 e. The molecule has 0 bridgehead atoms. The van der Waals surface area contributed by atoms with Crippen molar-refractivity contribution < 1.29 is 0 Å². The smallest absolute Gasteiger partial charge is 0.134 e. The predicted octanol–water partition coefficient (Wildman–Crippen LogP) is 3.69. The Morgan fingerprint density at radius 3 is 2.75 bits per heavy atom. The molecule has 6 heteroatoms. The van der Waals surface area contributed by atoms with E-state index in [9.17, 15) is 0 Å². The lowest BCUT2D eigenvalue weighted by atomic mass is 10.2. The number of aryl methyl sites for hydroxylation is 1. The lowest BCUT2D eigenvalue weighted by molar-refractivity contribution is 0.832. The summed E-state index contributed by atoms with van der Waals surface area (Å²) in [5.74, 6) is 2.20. The second kappa shape index (κ2) is 6.90. The fourth-order valence-corrected chi connectivity index (χ4v) is 2.97. The summed E-state index contributed by atoms with van der Waals surface area (Å²) in [5, 5.41) is 3.34. The molecule has 0 unspecified atom stereocenters. The molecular weight excluding hydrogens is 292 g/mol. The SMILES string of the molecule is CCCc1nc(N)c(C)c(NCCc2ccc(Cl)s2)n1. The summed E-state index contributed by atoms with van der Waals surface area (Å²) in [6.07, 6.45) is 2.78. The van der Waals surface area contributed by atoms with Gasteiger partial charge in [0.2, 0.25) is 0 Å². The van der Waals surface area contributed by atoms with Crippen molar-refractivity contribution in [3.63, 3.8) is 0 Å². The summed E-state index contributed by atoms with van der Waals surface area (Å²) in [6, 6.07) is 3.98. The molecule has 0 fully saturated rings. The number of nitrogens with one attached hydrogen (secondary N) is 1. The lowest BCUT2D eigenvalue weighted by Gasteiger charge is -2.11. The molecule has 0 aliphatic rings. The molecule has 0 spiro atoms. The first-order valence-corrected chi connectivity index (χ1v) is 7.90. The van der Waals surface area contributed by atoms with Crippen LogP contribution < -0.4 is 11.1 Å². The quantitative estimate of drug-likeness (QED) is 0.854. The summed E-state index contributed by atoms with van der Waals surface area (Å²) in [4.78, 5) is 10.1. The van der Waals surface area contributed by atoms with Gasteiger partial charge < -0.3 is 11.1 Å². The highest BCUT2D eigenvalue weighted by Crippen LogP contribution is 2.22. The van der Waals surface area contributed by atoms with Crippen LogP contribution in [0.2, 0.25) is 4.34 Å². The Kier molecular flexibility index (Phi) is 5.20. The number of rotatable bonds is 6. The molecule has 0 radical (unpaired) electrons. The molecule has 2 aromatic rings. The first-order valence-electron chi connectivity index (χ1n) is 6.71. The van der Waals surface area contributed by atoms with E-state index in [1.165, 1.54) is 4.88 Å². The van der Waals surface area contributed by atoms with Crippen LogP contribution >= 0.6 is 22.9 Å². The number of hydrogen-bond donors (Lipinski definition) is 2. The van der Waals surface area contributed by atoms with E-state index in [1.54, 1.807) is 11.3 Å². The molecule has 0 saturated carbocycles. The molecule has 0 saturated heterocycles. The topological polar surface area (TPSA) is 63.8 Å². The first kappa shape index (κ1) is 15.1. The van der Waals surface area contributed by atoms with Gasteiger partial charge in [-0.25, -0.2) is 9.97 Å². The largest absolute Gasteiger partial charge is 0.383 e. The normalized spacial score (nSPS) is 10.8. The van der Waals surface area contributed by atoms with Crippen molar-refractivity contribution in [1.29, 1.82) is 0 Å². The van der Waals surface area contributed by atoms with Crippen molar-refractivity contribution in [2.75, 3.05) is 17.6 Å². The number of nitrogens with zero attached hydrogens (tertiary/aromatic N) is 2. The molecule has 108 valence electrons. The number of anilines is 2. The maximum absolute atomic E-state index is 5.93. The lowest BCUT2D eigenvalue weighted by Crippen LogP contribution is -2.11. The van der Waals surface area contributed by atoms with Crippen molar-refractivity contribution >= 4 is 34.6 Å². The van der Waals surface area contributed by atoms with Crippen LogP contribution in [-0.4, -0.2) is 16.5 Å². The fourth-order valence-electron chi connectivity index (χ4n) is 1.88. The Labute approximate surface area is 128 Å². The number of nitrogen functional groups attached to an aromatic ring is 1. The van der Waals surface area contributed by atoms with Crippen molar-refractivity contribution in [3.8, 4) is 0 Å². The molecule has 3 N–H and O–H groups in total. The molecule has 0 amide bonds. The van der Waals surface area contributed by atoms with Crippen molar-refractivity contribution in [2.45, 2.75) is 33.1 Å². The maximum Gasteiger partial charge on any atom is 0.134 e. The summed E-state index contributed by atoms with van der Waals surface area (Å²) >= 11 is 7.53. The number of hydrogen-bond acceptors (Lipinski definition) is 5. The summed E-state index contributed by atoms with van der Waals surface area (Å²) in [6.45, 7) is 4.85. The Balaban J connectivity index is 2.01. The molecular formula is C14H19ClN4S. The Morgan fingerprint density at radius 2 is 2.10 bits per heavy atom. The van der Waals surface area contributed by atoms with Gasteiger partial charge in [-0.1, -0.05) is 18.5 Å². The predicted molar refractivity (Wildman–Crippen MR) is 86.7 cm³/mol. The van der Waals surface area contributed by atoms with Crippen LogP contribution in [0.3, 0.4) is 0 Å². The van der Waals surface area contributed by atoms with E-state index in [0.717, 1.165) is 47.3 Å². The van der Waals surface area contributed by atoms with Crippen LogP contribution in [0.5, 0.6) is 0 Å². The van der Waals surface area contributed by atoms with Gasteiger partial charge in [-0.05, 0) is 31.9 Å². The zero-order chi connectivity index (χ0) is 14.5. The number of nitrogens with two attached hydrogens (primary N) is 1. The highest BCUT2D eigenvalue weighted by Gasteiger charge is 2.08. The minimum atomic E-state index is 0.560. The first-order chi connectivity index (χ1) is 9.60. The molecule has 4 nitrogen and oxygen atoms in total. The van der Waals surface area contributed by atoms with E-state index in [2.05, 4.69) is 28.3 Å². The molecule has 2 heterocycles. The monoisotopic (exact) mass is 310 g/mol. The van der Waals surface area contributed by atoms with Gasteiger partial charge in [0.15, 0.2) is 0 Å². The van der Waals surface area contributed by atoms with E-state index in [0.29, 0.717) is 5.82 Å². The number of halogens is 1. The van der Waals surface area contributed by atoms with Gasteiger partial charge in [0.25, 0.3) is 0 Å². The Hall–Kier alpha value is -1.33. The van der Waals surface area contributed by atoms with E-state index < -0.39 is 0 Å². The Morgan fingerprint density at radius 1 is 1.30 bits per heavy atom. The molecule has 0 aliphatic heterocycles. The second-order valence-corrected chi connectivity index (χ2v) is 6.43. The van der Waals surface area contributed by atoms with Gasteiger partial charge in [0.1, 0.15) is 17.5 Å². The third kappa shape index (κ3) is 3.84. The third-order valence-corrected chi connectivity index (χ3v) is 4.29. The van der Waals surface area contributed by atoms with E-state index in [1.807, 2.05) is 13.0 Å². The highest BCUT2D eigenvalue weighted by molar-refractivity contribution is 7.16. The molecule has 0 aliphatic carbocycles. The summed E-state index contributed by atoms with van der Waals surface area (Å²) in [7, 11) is 0. The van der Waals surface area contributed by atoms with Crippen molar-refractivity contribution in [3.05, 3.63) is 32.7 Å². The summed E-state index contributed by atoms with van der Waals surface area (Å²) < 4.78 is 0.827. The molecule has 2 aromatic heterocycles. The third-order valence-electron chi connectivity index (χ3n) is 3.00. The highest BCUT2D eigenvalue weighted by atomic mass is 35.5. The molecule has 2 rings (SSSR count). The van der Waals surface area contributed by atoms with Gasteiger partial charge in [0.05, 0.1) is 4.34 Å². The van der Waals surface area contributed by atoms with Gasteiger partial charge in [0, 0.05) is 23.4 Å². The number of thiophene rings is 1. The number of aromatic nitrogens is 2. The van der Waals surface area contributed by atoms with Crippen LogP contribution in [0.1, 0.15) is 29.6 Å². The van der Waals surface area contributed by atoms with Crippen LogP contribution in [-0.2, 0) is 12.8 Å². The van der Waals surface area contributed by atoms with E-state index >= 15 is 0 Å². The zero-order valence-electron chi connectivity index (χ0n) is 11.7. The average molecular weight is 311 g/mol.